The molecule has 32 heavy (non-hydrogen) atoms. The van der Waals surface area contributed by atoms with Gasteiger partial charge in [0, 0.05) is 23.8 Å². The topological polar surface area (TPSA) is 52.6 Å². The lowest BCUT2D eigenvalue weighted by Gasteiger charge is -2.23. The molecule has 3 aromatic rings. The number of halogens is 1. The molecule has 4 rings (SSSR count). The quantitative estimate of drug-likeness (QED) is 0.567. The Bertz CT molecular complexity index is 1180. The molecule has 0 radical (unpaired) electrons. The largest absolute Gasteiger partial charge is 0.297 e. The molecule has 0 fully saturated rings. The van der Waals surface area contributed by atoms with Gasteiger partial charge in [0.25, 0.3) is 10.0 Å². The van der Waals surface area contributed by atoms with Crippen LogP contribution in [-0.2, 0) is 22.9 Å². The van der Waals surface area contributed by atoms with Gasteiger partial charge in [-0.15, -0.1) is 0 Å². The minimum atomic E-state index is -3.67. The lowest BCUT2D eigenvalue weighted by molar-refractivity contribution is 0.183. The van der Waals surface area contributed by atoms with Crippen molar-refractivity contribution in [1.82, 2.24) is 9.80 Å². The van der Waals surface area contributed by atoms with Crippen LogP contribution in [0.3, 0.4) is 0 Å². The summed E-state index contributed by atoms with van der Waals surface area (Å²) in [4.78, 5) is 4.84. The van der Waals surface area contributed by atoms with E-state index in [9.17, 15) is 8.42 Å². The van der Waals surface area contributed by atoms with Crippen LogP contribution in [0.1, 0.15) is 11.1 Å². The van der Waals surface area contributed by atoms with Gasteiger partial charge in [-0.3, -0.25) is 14.5 Å². The number of nitrogens with zero attached hydrogens (tertiary/aromatic N) is 2. The third-order valence-corrected chi connectivity index (χ3v) is 7.33. The zero-order valence-corrected chi connectivity index (χ0v) is 20.0. The Morgan fingerprint density at radius 2 is 1.47 bits per heavy atom. The van der Waals surface area contributed by atoms with E-state index in [2.05, 4.69) is 34.7 Å². The van der Waals surface area contributed by atoms with Gasteiger partial charge >= 0.3 is 0 Å². The number of nitrogens with one attached hydrogen (secondary N) is 1. The van der Waals surface area contributed by atoms with Crippen LogP contribution in [0.15, 0.2) is 71.6 Å². The lowest BCUT2D eigenvalue weighted by Crippen LogP contribution is -2.35. The Kier molecular flexibility index (Phi) is 6.86. The molecule has 0 spiro atoms. The third kappa shape index (κ3) is 5.51. The van der Waals surface area contributed by atoms with Crippen LogP contribution in [0.25, 0.3) is 11.1 Å². The number of benzene rings is 3. The van der Waals surface area contributed by atoms with Crippen molar-refractivity contribution in [3.63, 3.8) is 0 Å². The summed E-state index contributed by atoms with van der Waals surface area (Å²) >= 11 is 5.95. The minimum absolute atomic E-state index is 0.238. The average molecular weight is 470 g/mol. The van der Waals surface area contributed by atoms with Crippen LogP contribution in [0.4, 0.5) is 5.69 Å². The molecule has 1 aliphatic heterocycles. The first-order valence-corrected chi connectivity index (χ1v) is 12.5. The van der Waals surface area contributed by atoms with E-state index in [4.69, 9.17) is 11.6 Å². The Labute approximate surface area is 195 Å². The first-order chi connectivity index (χ1) is 15.3. The number of fused-ring (bicyclic) bond motifs is 1. The molecule has 0 aromatic heterocycles. The summed E-state index contributed by atoms with van der Waals surface area (Å²) in [5, 5.41) is 0.670. The molecule has 0 aliphatic carbocycles. The molecule has 1 heterocycles. The predicted octanol–water partition coefficient (Wildman–Crippen LogP) is 4.73. The molecule has 0 amide bonds. The second kappa shape index (κ2) is 9.63. The van der Waals surface area contributed by atoms with Gasteiger partial charge in [0.05, 0.1) is 11.6 Å². The maximum atomic E-state index is 13.0. The van der Waals surface area contributed by atoms with Crippen molar-refractivity contribution in [2.24, 2.45) is 0 Å². The van der Waals surface area contributed by atoms with Crippen molar-refractivity contribution in [3.05, 3.63) is 82.9 Å². The van der Waals surface area contributed by atoms with Crippen LogP contribution in [0, 0.1) is 0 Å². The van der Waals surface area contributed by atoms with E-state index in [0.717, 1.165) is 43.7 Å². The zero-order valence-electron chi connectivity index (χ0n) is 18.4. The van der Waals surface area contributed by atoms with E-state index in [-0.39, 0.29) is 4.90 Å². The smallest absolute Gasteiger partial charge is 0.261 e. The van der Waals surface area contributed by atoms with Gasteiger partial charge in [-0.2, -0.15) is 0 Å². The summed E-state index contributed by atoms with van der Waals surface area (Å²) in [6.07, 6.45) is 1.89. The second-order valence-electron chi connectivity index (χ2n) is 8.46. The third-order valence-electron chi connectivity index (χ3n) is 5.68. The van der Waals surface area contributed by atoms with Crippen molar-refractivity contribution < 1.29 is 8.42 Å². The summed E-state index contributed by atoms with van der Waals surface area (Å²) in [6, 6.07) is 20.3. The highest BCUT2D eigenvalue weighted by atomic mass is 35.5. The van der Waals surface area contributed by atoms with E-state index in [1.54, 1.807) is 12.1 Å². The summed E-state index contributed by atoms with van der Waals surface area (Å²) in [5.74, 6) is 0. The number of hydrogen-bond donors (Lipinski definition) is 1. The second-order valence-corrected chi connectivity index (χ2v) is 10.6. The van der Waals surface area contributed by atoms with E-state index >= 15 is 0 Å². The Balaban J connectivity index is 1.48. The maximum absolute atomic E-state index is 13.0. The van der Waals surface area contributed by atoms with Crippen molar-refractivity contribution in [3.8, 4) is 11.1 Å². The van der Waals surface area contributed by atoms with E-state index in [1.165, 1.54) is 11.1 Å². The van der Waals surface area contributed by atoms with Gasteiger partial charge in [0.15, 0.2) is 0 Å². The molecule has 0 unspecified atom stereocenters. The van der Waals surface area contributed by atoms with Crippen molar-refractivity contribution in [1.29, 1.82) is 0 Å². The molecule has 0 saturated carbocycles. The molecule has 0 bridgehead atoms. The highest BCUT2D eigenvalue weighted by molar-refractivity contribution is 7.92. The molecule has 0 atom stereocenters. The van der Waals surface area contributed by atoms with E-state index in [0.29, 0.717) is 10.7 Å². The van der Waals surface area contributed by atoms with Crippen LogP contribution in [0.5, 0.6) is 0 Å². The summed E-state index contributed by atoms with van der Waals surface area (Å²) in [7, 11) is 0.483. The summed E-state index contributed by atoms with van der Waals surface area (Å²) in [6.45, 7) is 2.91. The molecule has 7 heteroatoms. The highest BCUT2D eigenvalue weighted by Gasteiger charge is 2.18. The van der Waals surface area contributed by atoms with Gasteiger partial charge in [-0.25, -0.2) is 8.42 Å². The molecule has 1 aliphatic rings. The van der Waals surface area contributed by atoms with Gasteiger partial charge < -0.3 is 0 Å². The SMILES string of the molecule is CN(C)CN1CCc2ccc(NS(=O)(=O)c3ccc(-c4ccc(Cl)cc4)cc3)cc2CC1. The Morgan fingerprint density at radius 3 is 2.09 bits per heavy atom. The standard InChI is InChI=1S/C25H28ClN3O2S/c1-28(2)18-29-15-13-21-5-10-24(17-22(21)14-16-29)27-32(30,31)25-11-6-20(7-12-25)19-3-8-23(26)9-4-19/h3-12,17,27H,13-16,18H2,1-2H3. The number of rotatable bonds is 6. The van der Waals surface area contributed by atoms with Crippen LogP contribution in [-0.4, -0.2) is 52.1 Å². The number of sulfonamides is 1. The molecule has 168 valence electrons. The first-order valence-electron chi connectivity index (χ1n) is 10.7. The molecule has 5 nitrogen and oxygen atoms in total. The Morgan fingerprint density at radius 1 is 0.875 bits per heavy atom. The minimum Gasteiger partial charge on any atom is -0.297 e. The fourth-order valence-electron chi connectivity index (χ4n) is 4.06. The average Bonchev–Trinajstić information content (AvgIpc) is 2.96. The first kappa shape index (κ1) is 22.8. The highest BCUT2D eigenvalue weighted by Crippen LogP contribution is 2.26. The normalized spacial score (nSPS) is 14.8. The van der Waals surface area contributed by atoms with Crippen LogP contribution < -0.4 is 4.72 Å². The van der Waals surface area contributed by atoms with Gasteiger partial charge in [0.2, 0.25) is 0 Å². The summed E-state index contributed by atoms with van der Waals surface area (Å²) < 4.78 is 28.7. The van der Waals surface area contributed by atoms with Crippen molar-refractivity contribution >= 4 is 27.3 Å². The fourth-order valence-corrected chi connectivity index (χ4v) is 5.23. The molecule has 3 aromatic carbocycles. The van der Waals surface area contributed by atoms with Crippen LogP contribution in [0.2, 0.25) is 5.02 Å². The zero-order chi connectivity index (χ0) is 22.7. The molecular formula is C25H28ClN3O2S. The van der Waals surface area contributed by atoms with Crippen LogP contribution >= 0.6 is 11.6 Å². The van der Waals surface area contributed by atoms with E-state index in [1.807, 2.05) is 48.5 Å². The fraction of sp³-hybridized carbons (Fsp3) is 0.280. The van der Waals surface area contributed by atoms with Gasteiger partial charge in [0.1, 0.15) is 0 Å². The van der Waals surface area contributed by atoms with Crippen molar-refractivity contribution in [2.75, 3.05) is 38.6 Å². The van der Waals surface area contributed by atoms with E-state index < -0.39 is 10.0 Å². The van der Waals surface area contributed by atoms with Gasteiger partial charge in [-0.1, -0.05) is 41.9 Å². The predicted molar refractivity (Wildman–Crippen MR) is 132 cm³/mol. The Hall–Kier alpha value is -2.38. The monoisotopic (exact) mass is 469 g/mol. The summed E-state index contributed by atoms with van der Waals surface area (Å²) in [5.41, 5.74) is 5.03. The lowest BCUT2D eigenvalue weighted by atomic mass is 10.0. The molecular weight excluding hydrogens is 442 g/mol. The van der Waals surface area contributed by atoms with Gasteiger partial charge in [-0.05, 0) is 85.6 Å². The number of anilines is 1. The van der Waals surface area contributed by atoms with Crippen molar-refractivity contribution in [2.45, 2.75) is 17.7 Å². The molecule has 1 N–H and O–H groups in total. The molecule has 0 saturated heterocycles. The number of hydrogen-bond acceptors (Lipinski definition) is 4. The maximum Gasteiger partial charge on any atom is 0.261 e.